The van der Waals surface area contributed by atoms with Crippen molar-refractivity contribution in [3.8, 4) is 11.1 Å². The van der Waals surface area contributed by atoms with Gasteiger partial charge < -0.3 is 20.5 Å². The zero-order chi connectivity index (χ0) is 24.1. The Morgan fingerprint density at radius 1 is 0.909 bits per heavy atom. The molecule has 0 aliphatic heterocycles. The van der Waals surface area contributed by atoms with Crippen molar-refractivity contribution < 1.29 is 24.2 Å². The van der Waals surface area contributed by atoms with Gasteiger partial charge >= 0.3 is 12.1 Å². The van der Waals surface area contributed by atoms with E-state index < -0.39 is 30.1 Å². The lowest BCUT2D eigenvalue weighted by atomic mass is 9.89. The summed E-state index contributed by atoms with van der Waals surface area (Å²) in [4.78, 5) is 36.2. The molecule has 3 atom stereocenters. The summed E-state index contributed by atoms with van der Waals surface area (Å²) in [6.45, 7) is 7.21. The summed E-state index contributed by atoms with van der Waals surface area (Å²) in [6, 6.07) is 15.2. The van der Waals surface area contributed by atoms with Gasteiger partial charge in [-0.1, -0.05) is 62.4 Å². The Morgan fingerprint density at radius 3 is 1.97 bits per heavy atom. The van der Waals surface area contributed by atoms with Gasteiger partial charge in [0, 0.05) is 24.4 Å². The molecule has 7 nitrogen and oxygen atoms in total. The summed E-state index contributed by atoms with van der Waals surface area (Å²) in [5.74, 6) is -2.09. The molecule has 176 valence electrons. The minimum Gasteiger partial charge on any atom is -0.481 e. The number of carboxylic acids is 1. The molecule has 0 fully saturated rings. The topological polar surface area (TPSA) is 105 Å². The van der Waals surface area contributed by atoms with Crippen molar-refractivity contribution in [2.75, 3.05) is 6.61 Å². The average molecular weight is 453 g/mol. The van der Waals surface area contributed by atoms with Crippen molar-refractivity contribution in [2.24, 2.45) is 11.8 Å². The minimum absolute atomic E-state index is 0.0268. The van der Waals surface area contributed by atoms with Gasteiger partial charge in [-0.05, 0) is 42.0 Å². The molecule has 7 heteroatoms. The number of fused-ring (bicyclic) bond motifs is 3. The summed E-state index contributed by atoms with van der Waals surface area (Å²) in [7, 11) is 0. The molecular formula is C26H32N2O5. The van der Waals surface area contributed by atoms with Crippen LogP contribution in [0.25, 0.3) is 11.1 Å². The van der Waals surface area contributed by atoms with E-state index in [0.717, 1.165) is 22.3 Å². The number of carbonyl (C=O) groups excluding carboxylic acids is 2. The van der Waals surface area contributed by atoms with E-state index in [1.807, 2.05) is 38.1 Å². The molecule has 3 N–H and O–H groups in total. The van der Waals surface area contributed by atoms with Crippen molar-refractivity contribution in [3.63, 3.8) is 0 Å². The molecule has 0 saturated heterocycles. The van der Waals surface area contributed by atoms with Crippen LogP contribution in [0.3, 0.4) is 0 Å². The van der Waals surface area contributed by atoms with Gasteiger partial charge in [0.25, 0.3) is 0 Å². The van der Waals surface area contributed by atoms with E-state index >= 15 is 0 Å². The minimum atomic E-state index is -0.942. The van der Waals surface area contributed by atoms with E-state index in [9.17, 15) is 19.5 Å². The summed E-state index contributed by atoms with van der Waals surface area (Å²) >= 11 is 0. The first kappa shape index (κ1) is 24.3. The lowest BCUT2D eigenvalue weighted by Gasteiger charge is -2.25. The first-order valence-electron chi connectivity index (χ1n) is 11.3. The second kappa shape index (κ2) is 10.5. The fourth-order valence-corrected chi connectivity index (χ4v) is 4.65. The zero-order valence-corrected chi connectivity index (χ0v) is 19.5. The Kier molecular flexibility index (Phi) is 7.74. The quantitative estimate of drug-likeness (QED) is 0.530. The van der Waals surface area contributed by atoms with Crippen LogP contribution < -0.4 is 10.6 Å². The van der Waals surface area contributed by atoms with E-state index in [-0.39, 0.29) is 30.8 Å². The van der Waals surface area contributed by atoms with E-state index in [2.05, 4.69) is 34.9 Å². The summed E-state index contributed by atoms with van der Waals surface area (Å²) in [6.07, 6.45) is -0.560. The largest absolute Gasteiger partial charge is 0.481 e. The molecule has 1 aliphatic carbocycles. The van der Waals surface area contributed by atoms with Crippen LogP contribution in [-0.4, -0.2) is 41.8 Å². The van der Waals surface area contributed by atoms with Crippen molar-refractivity contribution in [1.82, 2.24) is 10.6 Å². The van der Waals surface area contributed by atoms with E-state index in [0.29, 0.717) is 0 Å². The third kappa shape index (κ3) is 5.72. The van der Waals surface area contributed by atoms with Crippen molar-refractivity contribution >= 4 is 18.0 Å². The van der Waals surface area contributed by atoms with Crippen LogP contribution in [0.2, 0.25) is 0 Å². The molecule has 0 aromatic heterocycles. The SMILES string of the molecule is CC(C)C(C(=O)O)C(C)NC(=O)C[C@@H](C)NC(=O)OCC1c2ccccc2-c2ccccc21. The number of nitrogens with one attached hydrogen (secondary N) is 2. The molecule has 2 aromatic rings. The monoisotopic (exact) mass is 452 g/mol. The van der Waals surface area contributed by atoms with Crippen LogP contribution in [0, 0.1) is 11.8 Å². The molecule has 2 amide bonds. The number of carbonyl (C=O) groups is 3. The van der Waals surface area contributed by atoms with Gasteiger partial charge in [-0.15, -0.1) is 0 Å². The maximum absolute atomic E-state index is 12.4. The smallest absolute Gasteiger partial charge is 0.407 e. The lowest BCUT2D eigenvalue weighted by Crippen LogP contribution is -2.45. The summed E-state index contributed by atoms with van der Waals surface area (Å²) < 4.78 is 5.51. The van der Waals surface area contributed by atoms with Crippen molar-refractivity contribution in [3.05, 3.63) is 59.7 Å². The predicted molar refractivity (Wildman–Crippen MR) is 126 cm³/mol. The second-order valence-electron chi connectivity index (χ2n) is 9.04. The molecule has 0 heterocycles. The molecule has 33 heavy (non-hydrogen) atoms. The standard InChI is InChI=1S/C26H32N2O5/c1-15(2)24(25(30)31)17(4)28-23(29)13-16(3)27-26(32)33-14-22-20-11-7-5-9-18(20)19-10-6-8-12-21(19)22/h5-12,15-17,22,24H,13-14H2,1-4H3,(H,27,32)(H,28,29)(H,30,31)/t16-,17?,24?/m1/s1. The highest BCUT2D eigenvalue weighted by atomic mass is 16.5. The average Bonchev–Trinajstić information content (AvgIpc) is 3.05. The number of rotatable bonds is 9. The molecule has 2 aromatic carbocycles. The van der Waals surface area contributed by atoms with Crippen LogP contribution in [0.1, 0.15) is 51.2 Å². The fraction of sp³-hybridized carbons (Fsp3) is 0.423. The molecule has 3 rings (SSSR count). The van der Waals surface area contributed by atoms with E-state index in [1.165, 1.54) is 0 Å². The highest BCUT2D eigenvalue weighted by Gasteiger charge is 2.30. The molecule has 2 unspecified atom stereocenters. The Bertz CT molecular complexity index is 974. The number of alkyl carbamates (subject to hydrolysis) is 1. The van der Waals surface area contributed by atoms with Crippen LogP contribution in [0.5, 0.6) is 0 Å². The fourth-order valence-electron chi connectivity index (χ4n) is 4.65. The summed E-state index contributed by atoms with van der Waals surface area (Å²) in [5.41, 5.74) is 4.57. The number of hydrogen-bond donors (Lipinski definition) is 3. The molecule has 0 saturated carbocycles. The van der Waals surface area contributed by atoms with Crippen molar-refractivity contribution in [2.45, 2.75) is 52.1 Å². The molecule has 0 spiro atoms. The number of amides is 2. The third-order valence-corrected chi connectivity index (χ3v) is 6.13. The number of carboxylic acid groups (broad SMARTS) is 1. The lowest BCUT2D eigenvalue weighted by molar-refractivity contribution is -0.144. The number of ether oxygens (including phenoxy) is 1. The Balaban J connectivity index is 1.51. The first-order chi connectivity index (χ1) is 15.7. The van der Waals surface area contributed by atoms with E-state index in [4.69, 9.17) is 4.74 Å². The van der Waals surface area contributed by atoms with Crippen molar-refractivity contribution in [1.29, 1.82) is 0 Å². The maximum atomic E-state index is 12.4. The molecule has 0 radical (unpaired) electrons. The Labute approximate surface area is 194 Å². The first-order valence-corrected chi connectivity index (χ1v) is 11.3. The Morgan fingerprint density at radius 2 is 1.45 bits per heavy atom. The van der Waals surface area contributed by atoms with Gasteiger partial charge in [-0.3, -0.25) is 9.59 Å². The van der Waals surface area contributed by atoms with E-state index in [1.54, 1.807) is 13.8 Å². The summed E-state index contributed by atoms with van der Waals surface area (Å²) in [5, 5.41) is 14.8. The van der Waals surface area contributed by atoms with Gasteiger partial charge in [-0.25, -0.2) is 4.79 Å². The highest BCUT2D eigenvalue weighted by Crippen LogP contribution is 2.44. The van der Waals surface area contributed by atoms with Gasteiger partial charge in [0.15, 0.2) is 0 Å². The number of hydrogen-bond acceptors (Lipinski definition) is 4. The Hall–Kier alpha value is -3.35. The molecule has 1 aliphatic rings. The zero-order valence-electron chi connectivity index (χ0n) is 19.5. The van der Waals surface area contributed by atoms with Gasteiger partial charge in [0.05, 0.1) is 5.92 Å². The van der Waals surface area contributed by atoms with Gasteiger partial charge in [-0.2, -0.15) is 0 Å². The van der Waals surface area contributed by atoms with Crippen LogP contribution >= 0.6 is 0 Å². The predicted octanol–water partition coefficient (Wildman–Crippen LogP) is 4.17. The highest BCUT2D eigenvalue weighted by molar-refractivity contribution is 5.80. The second-order valence-corrected chi connectivity index (χ2v) is 9.04. The number of benzene rings is 2. The molecule has 0 bridgehead atoms. The number of aliphatic carboxylic acids is 1. The maximum Gasteiger partial charge on any atom is 0.407 e. The normalized spacial score (nSPS) is 15.2. The third-order valence-electron chi connectivity index (χ3n) is 6.13. The van der Waals surface area contributed by atoms with Crippen LogP contribution in [-0.2, 0) is 14.3 Å². The van der Waals surface area contributed by atoms with Crippen LogP contribution in [0.15, 0.2) is 48.5 Å². The van der Waals surface area contributed by atoms with Gasteiger partial charge in [0.1, 0.15) is 6.61 Å². The van der Waals surface area contributed by atoms with Gasteiger partial charge in [0.2, 0.25) is 5.91 Å². The van der Waals surface area contributed by atoms with Crippen LogP contribution in [0.4, 0.5) is 4.79 Å². The molecular weight excluding hydrogens is 420 g/mol.